The van der Waals surface area contributed by atoms with Gasteiger partial charge < -0.3 is 10.4 Å². The van der Waals surface area contributed by atoms with Crippen LogP contribution >= 0.6 is 11.8 Å². The molecule has 0 aliphatic carbocycles. The van der Waals surface area contributed by atoms with E-state index in [2.05, 4.69) is 36.5 Å². The summed E-state index contributed by atoms with van der Waals surface area (Å²) >= 11 is 1.69. The average molecular weight is 267 g/mol. The van der Waals surface area contributed by atoms with Crippen LogP contribution in [0, 0.1) is 6.92 Å². The van der Waals surface area contributed by atoms with E-state index in [9.17, 15) is 4.79 Å². The van der Waals surface area contributed by atoms with E-state index in [0.29, 0.717) is 19.4 Å². The molecule has 0 saturated heterocycles. The third-order valence-electron chi connectivity index (χ3n) is 2.50. The third kappa shape index (κ3) is 6.67. The van der Waals surface area contributed by atoms with Crippen LogP contribution in [0.3, 0.4) is 0 Å². The molecule has 0 saturated carbocycles. The Balaban J connectivity index is 2.13. The van der Waals surface area contributed by atoms with E-state index in [-0.39, 0.29) is 12.0 Å². The second-order valence-corrected chi connectivity index (χ2v) is 5.57. The number of benzene rings is 1. The lowest BCUT2D eigenvalue weighted by Gasteiger charge is -2.06. The molecule has 0 fully saturated rings. The molecule has 4 heteroatoms. The number of amides is 1. The Hall–Kier alpha value is -1.00. The molecule has 0 aliphatic rings. The van der Waals surface area contributed by atoms with Gasteiger partial charge in [-0.25, -0.2) is 0 Å². The van der Waals surface area contributed by atoms with Crippen molar-refractivity contribution in [3.8, 4) is 0 Å². The number of aryl methyl sites for hydroxylation is 1. The normalized spacial score (nSPS) is 12.2. The van der Waals surface area contributed by atoms with Crippen LogP contribution in [0.25, 0.3) is 0 Å². The summed E-state index contributed by atoms with van der Waals surface area (Å²) in [4.78, 5) is 12.7. The zero-order valence-electron chi connectivity index (χ0n) is 11.0. The molecule has 1 aromatic rings. The van der Waals surface area contributed by atoms with Crippen LogP contribution in [0.5, 0.6) is 0 Å². The van der Waals surface area contributed by atoms with Crippen molar-refractivity contribution in [1.82, 2.24) is 5.32 Å². The first-order valence-electron chi connectivity index (χ1n) is 6.22. The fourth-order valence-electron chi connectivity index (χ4n) is 1.40. The summed E-state index contributed by atoms with van der Waals surface area (Å²) in [5.41, 5.74) is 1.25. The van der Waals surface area contributed by atoms with Gasteiger partial charge in [-0.05, 0) is 32.4 Å². The molecule has 2 N–H and O–H groups in total. The number of aliphatic hydroxyl groups excluding tert-OH is 1. The van der Waals surface area contributed by atoms with Gasteiger partial charge in [-0.3, -0.25) is 4.79 Å². The van der Waals surface area contributed by atoms with Gasteiger partial charge in [0.15, 0.2) is 0 Å². The molecular weight excluding hydrogens is 246 g/mol. The van der Waals surface area contributed by atoms with Crippen molar-refractivity contribution < 1.29 is 9.90 Å². The number of nitrogens with one attached hydrogen (secondary N) is 1. The lowest BCUT2D eigenvalue weighted by Crippen LogP contribution is -2.26. The minimum Gasteiger partial charge on any atom is -0.393 e. The smallest absolute Gasteiger partial charge is 0.220 e. The first kappa shape index (κ1) is 15.1. The Morgan fingerprint density at radius 1 is 1.39 bits per heavy atom. The summed E-state index contributed by atoms with van der Waals surface area (Å²) in [7, 11) is 0. The number of aliphatic hydroxyl groups is 1. The van der Waals surface area contributed by atoms with E-state index in [1.165, 1.54) is 10.5 Å². The molecule has 1 rings (SSSR count). The minimum atomic E-state index is -0.354. The highest BCUT2D eigenvalue weighted by molar-refractivity contribution is 7.99. The Kier molecular flexibility index (Phi) is 6.83. The SMILES string of the molecule is Cc1ccc(SCCC(=O)NCCC(C)O)cc1. The van der Waals surface area contributed by atoms with Gasteiger partial charge in [0, 0.05) is 23.6 Å². The Bertz CT molecular complexity index is 363. The molecule has 18 heavy (non-hydrogen) atoms. The lowest BCUT2D eigenvalue weighted by molar-refractivity contribution is -0.120. The van der Waals surface area contributed by atoms with Gasteiger partial charge in [0.2, 0.25) is 5.91 Å². The first-order valence-corrected chi connectivity index (χ1v) is 7.20. The van der Waals surface area contributed by atoms with Crippen molar-refractivity contribution in [2.75, 3.05) is 12.3 Å². The maximum absolute atomic E-state index is 11.5. The van der Waals surface area contributed by atoms with E-state index >= 15 is 0 Å². The molecule has 1 atom stereocenters. The number of carbonyl (C=O) groups is 1. The van der Waals surface area contributed by atoms with Gasteiger partial charge in [0.05, 0.1) is 6.10 Å². The van der Waals surface area contributed by atoms with E-state index < -0.39 is 0 Å². The summed E-state index contributed by atoms with van der Waals surface area (Å²) in [5, 5.41) is 11.9. The third-order valence-corrected chi connectivity index (χ3v) is 3.52. The summed E-state index contributed by atoms with van der Waals surface area (Å²) in [6.07, 6.45) is 0.766. The minimum absolute atomic E-state index is 0.0512. The summed E-state index contributed by atoms with van der Waals surface area (Å²) < 4.78 is 0. The summed E-state index contributed by atoms with van der Waals surface area (Å²) in [6.45, 7) is 4.33. The molecule has 1 aromatic carbocycles. The van der Waals surface area contributed by atoms with Crippen LogP contribution in [0.2, 0.25) is 0 Å². The van der Waals surface area contributed by atoms with E-state index in [4.69, 9.17) is 5.11 Å². The van der Waals surface area contributed by atoms with Crippen molar-refractivity contribution in [1.29, 1.82) is 0 Å². The zero-order valence-corrected chi connectivity index (χ0v) is 11.8. The Morgan fingerprint density at radius 2 is 2.06 bits per heavy atom. The van der Waals surface area contributed by atoms with Crippen molar-refractivity contribution in [3.05, 3.63) is 29.8 Å². The molecule has 0 spiro atoms. The second kappa shape index (κ2) is 8.16. The monoisotopic (exact) mass is 267 g/mol. The van der Waals surface area contributed by atoms with Gasteiger partial charge in [-0.2, -0.15) is 0 Å². The number of hydrogen-bond acceptors (Lipinski definition) is 3. The Labute approximate surface area is 113 Å². The van der Waals surface area contributed by atoms with E-state index in [0.717, 1.165) is 5.75 Å². The highest BCUT2D eigenvalue weighted by Crippen LogP contribution is 2.18. The van der Waals surface area contributed by atoms with Gasteiger partial charge >= 0.3 is 0 Å². The molecule has 0 heterocycles. The summed E-state index contributed by atoms with van der Waals surface area (Å²) in [5.74, 6) is 0.832. The van der Waals surface area contributed by atoms with Crippen molar-refractivity contribution in [2.45, 2.75) is 37.7 Å². The highest BCUT2D eigenvalue weighted by atomic mass is 32.2. The molecule has 1 amide bonds. The molecule has 0 radical (unpaired) electrons. The van der Waals surface area contributed by atoms with Gasteiger partial charge in [-0.1, -0.05) is 17.7 Å². The van der Waals surface area contributed by atoms with Gasteiger partial charge in [0.1, 0.15) is 0 Å². The first-order chi connectivity index (χ1) is 8.58. The Morgan fingerprint density at radius 3 is 2.67 bits per heavy atom. The van der Waals surface area contributed by atoms with Crippen molar-refractivity contribution in [3.63, 3.8) is 0 Å². The van der Waals surface area contributed by atoms with Gasteiger partial charge in [-0.15, -0.1) is 11.8 Å². The zero-order chi connectivity index (χ0) is 13.4. The van der Waals surface area contributed by atoms with Crippen LogP contribution in [0.15, 0.2) is 29.2 Å². The molecular formula is C14H21NO2S. The second-order valence-electron chi connectivity index (χ2n) is 4.40. The number of thioether (sulfide) groups is 1. The molecule has 100 valence electrons. The molecule has 0 bridgehead atoms. The van der Waals surface area contributed by atoms with Crippen LogP contribution < -0.4 is 5.32 Å². The maximum atomic E-state index is 11.5. The van der Waals surface area contributed by atoms with Crippen LogP contribution in [0.1, 0.15) is 25.3 Å². The predicted octanol–water partition coefficient (Wildman–Crippen LogP) is 2.36. The lowest BCUT2D eigenvalue weighted by atomic mass is 10.2. The average Bonchev–Trinajstić information content (AvgIpc) is 2.31. The molecule has 0 aromatic heterocycles. The topological polar surface area (TPSA) is 49.3 Å². The van der Waals surface area contributed by atoms with Gasteiger partial charge in [0.25, 0.3) is 0 Å². The van der Waals surface area contributed by atoms with Crippen LogP contribution in [-0.2, 0) is 4.79 Å². The largest absolute Gasteiger partial charge is 0.393 e. The van der Waals surface area contributed by atoms with E-state index in [1.807, 2.05) is 0 Å². The standard InChI is InChI=1S/C14H21NO2S/c1-11-3-5-13(6-4-11)18-10-8-14(17)15-9-7-12(2)16/h3-6,12,16H,7-10H2,1-2H3,(H,15,17). The molecule has 0 aliphatic heterocycles. The van der Waals surface area contributed by atoms with Crippen molar-refractivity contribution in [2.24, 2.45) is 0 Å². The number of rotatable bonds is 7. The number of hydrogen-bond donors (Lipinski definition) is 2. The van der Waals surface area contributed by atoms with Crippen LogP contribution in [-0.4, -0.2) is 29.4 Å². The molecule has 1 unspecified atom stereocenters. The highest BCUT2D eigenvalue weighted by Gasteiger charge is 2.02. The van der Waals surface area contributed by atoms with E-state index in [1.54, 1.807) is 18.7 Å². The molecule has 3 nitrogen and oxygen atoms in total. The number of carbonyl (C=O) groups excluding carboxylic acids is 1. The fourth-order valence-corrected chi connectivity index (χ4v) is 2.26. The predicted molar refractivity (Wildman–Crippen MR) is 75.8 cm³/mol. The van der Waals surface area contributed by atoms with Crippen molar-refractivity contribution >= 4 is 17.7 Å². The maximum Gasteiger partial charge on any atom is 0.220 e. The fraction of sp³-hybridized carbons (Fsp3) is 0.500. The quantitative estimate of drug-likeness (QED) is 0.746. The van der Waals surface area contributed by atoms with Crippen LogP contribution in [0.4, 0.5) is 0 Å². The summed E-state index contributed by atoms with van der Waals surface area (Å²) in [6, 6.07) is 8.30.